The van der Waals surface area contributed by atoms with Crippen LogP contribution in [0.1, 0.15) is 16.7 Å². The summed E-state index contributed by atoms with van der Waals surface area (Å²) >= 11 is 0. The summed E-state index contributed by atoms with van der Waals surface area (Å²) in [6.07, 6.45) is -0.00243. The molecule has 0 fully saturated rings. The third-order valence-electron chi connectivity index (χ3n) is 3.05. The van der Waals surface area contributed by atoms with Crippen LogP contribution >= 0.6 is 0 Å². The summed E-state index contributed by atoms with van der Waals surface area (Å²) in [7, 11) is 0. The van der Waals surface area contributed by atoms with E-state index in [9.17, 15) is 9.18 Å². The summed E-state index contributed by atoms with van der Waals surface area (Å²) in [5, 5.41) is 12.0. The van der Waals surface area contributed by atoms with E-state index in [0.717, 1.165) is 11.1 Å². The lowest BCUT2D eigenvalue weighted by molar-refractivity contribution is -0.136. The van der Waals surface area contributed by atoms with Gasteiger partial charge in [-0.25, -0.2) is 4.39 Å². The molecule has 0 heterocycles. The van der Waals surface area contributed by atoms with Gasteiger partial charge in [0.25, 0.3) is 0 Å². The largest absolute Gasteiger partial charge is 0.481 e. The predicted octanol–water partition coefficient (Wildman–Crippen LogP) is 2.74. The number of hydrogen-bond donors (Lipinski definition) is 2. The molecule has 2 aromatic rings. The fourth-order valence-corrected chi connectivity index (χ4v) is 2.04. The minimum absolute atomic E-state index is 0.00243. The van der Waals surface area contributed by atoms with Crippen molar-refractivity contribution in [2.75, 3.05) is 0 Å². The molecule has 0 saturated carbocycles. The molecule has 0 aliphatic heterocycles. The lowest BCUT2D eigenvalue weighted by Gasteiger charge is -2.09. The number of carbonyl (C=O) groups is 1. The number of nitrogens with one attached hydrogen (secondary N) is 1. The summed E-state index contributed by atoms with van der Waals surface area (Å²) in [5.41, 5.74) is 2.30. The Kier molecular flexibility index (Phi) is 4.85. The van der Waals surface area contributed by atoms with E-state index < -0.39 is 5.97 Å². The van der Waals surface area contributed by atoms with Gasteiger partial charge in [0.1, 0.15) is 5.82 Å². The van der Waals surface area contributed by atoms with E-state index in [1.54, 1.807) is 24.3 Å². The second-order valence-electron chi connectivity index (χ2n) is 4.53. The molecule has 4 heteroatoms. The van der Waals surface area contributed by atoms with E-state index >= 15 is 0 Å². The Bertz CT molecular complexity index is 599. The van der Waals surface area contributed by atoms with Crippen molar-refractivity contribution >= 4 is 5.97 Å². The molecule has 0 bridgehead atoms. The van der Waals surface area contributed by atoms with Gasteiger partial charge in [-0.15, -0.1) is 0 Å². The van der Waals surface area contributed by atoms with Gasteiger partial charge in [-0.05, 0) is 17.2 Å². The molecule has 2 aromatic carbocycles. The zero-order chi connectivity index (χ0) is 14.4. The molecule has 0 aromatic heterocycles. The highest BCUT2D eigenvalue weighted by Crippen LogP contribution is 2.11. The van der Waals surface area contributed by atoms with Gasteiger partial charge in [-0.1, -0.05) is 42.5 Å². The molecule has 0 spiro atoms. The van der Waals surface area contributed by atoms with Crippen molar-refractivity contribution in [3.05, 3.63) is 71.0 Å². The number of hydrogen-bond acceptors (Lipinski definition) is 2. The molecule has 0 atom stereocenters. The van der Waals surface area contributed by atoms with Gasteiger partial charge in [0.15, 0.2) is 0 Å². The van der Waals surface area contributed by atoms with Crippen LogP contribution in [-0.4, -0.2) is 11.1 Å². The predicted molar refractivity (Wildman–Crippen MR) is 74.7 cm³/mol. The fourth-order valence-electron chi connectivity index (χ4n) is 2.04. The molecule has 0 amide bonds. The number of carboxylic acids is 1. The maximum absolute atomic E-state index is 13.4. The van der Waals surface area contributed by atoms with Gasteiger partial charge in [0, 0.05) is 18.7 Å². The standard InChI is InChI=1S/C16H16FNO2/c17-15-8-4-3-7-14(15)11-18-10-13-6-2-1-5-12(13)9-16(19)20/h1-8,18H,9-11H2,(H,19,20). The molecule has 0 unspecified atom stereocenters. The first-order chi connectivity index (χ1) is 9.66. The topological polar surface area (TPSA) is 49.3 Å². The quantitative estimate of drug-likeness (QED) is 0.851. The molecular weight excluding hydrogens is 257 g/mol. The second kappa shape index (κ2) is 6.82. The fraction of sp³-hybridized carbons (Fsp3) is 0.188. The van der Waals surface area contributed by atoms with Crippen LogP contribution < -0.4 is 5.32 Å². The number of aliphatic carboxylic acids is 1. The zero-order valence-corrected chi connectivity index (χ0v) is 11.0. The van der Waals surface area contributed by atoms with Crippen molar-refractivity contribution in [1.29, 1.82) is 0 Å². The highest BCUT2D eigenvalue weighted by molar-refractivity contribution is 5.70. The first kappa shape index (κ1) is 14.2. The molecule has 104 valence electrons. The van der Waals surface area contributed by atoms with Crippen molar-refractivity contribution in [1.82, 2.24) is 5.32 Å². The third kappa shape index (κ3) is 3.90. The molecule has 0 saturated heterocycles. The monoisotopic (exact) mass is 273 g/mol. The Morgan fingerprint density at radius 2 is 1.50 bits per heavy atom. The lowest BCUT2D eigenvalue weighted by atomic mass is 10.0. The summed E-state index contributed by atoms with van der Waals surface area (Å²) < 4.78 is 13.4. The minimum Gasteiger partial charge on any atom is -0.481 e. The van der Waals surface area contributed by atoms with E-state index in [1.807, 2.05) is 18.2 Å². The van der Waals surface area contributed by atoms with Crippen LogP contribution in [0, 0.1) is 5.82 Å². The lowest BCUT2D eigenvalue weighted by Crippen LogP contribution is -2.15. The van der Waals surface area contributed by atoms with Gasteiger partial charge >= 0.3 is 5.97 Å². The zero-order valence-electron chi connectivity index (χ0n) is 11.0. The van der Waals surface area contributed by atoms with Crippen molar-refractivity contribution in [2.24, 2.45) is 0 Å². The number of carboxylic acid groups (broad SMARTS) is 1. The van der Waals surface area contributed by atoms with Crippen molar-refractivity contribution in [3.63, 3.8) is 0 Å². The summed E-state index contributed by atoms with van der Waals surface area (Å²) in [6, 6.07) is 14.0. The van der Waals surface area contributed by atoms with E-state index in [1.165, 1.54) is 6.07 Å². The Hall–Kier alpha value is -2.20. The number of rotatable bonds is 6. The third-order valence-corrected chi connectivity index (χ3v) is 3.05. The first-order valence-electron chi connectivity index (χ1n) is 6.39. The maximum atomic E-state index is 13.4. The molecular formula is C16H16FNO2. The first-order valence-corrected chi connectivity index (χ1v) is 6.39. The van der Waals surface area contributed by atoms with Crippen molar-refractivity contribution in [3.8, 4) is 0 Å². The van der Waals surface area contributed by atoms with Crippen LogP contribution in [0.3, 0.4) is 0 Å². The van der Waals surface area contributed by atoms with E-state index in [2.05, 4.69) is 5.32 Å². The smallest absolute Gasteiger partial charge is 0.307 e. The Balaban J connectivity index is 1.97. The molecule has 20 heavy (non-hydrogen) atoms. The average molecular weight is 273 g/mol. The summed E-state index contributed by atoms with van der Waals surface area (Å²) in [6.45, 7) is 0.922. The highest BCUT2D eigenvalue weighted by atomic mass is 19.1. The van der Waals surface area contributed by atoms with E-state index in [0.29, 0.717) is 18.7 Å². The normalized spacial score (nSPS) is 10.4. The number of halogens is 1. The summed E-state index contributed by atoms with van der Waals surface area (Å²) in [4.78, 5) is 10.8. The van der Waals surface area contributed by atoms with Gasteiger partial charge in [-0.3, -0.25) is 4.79 Å². The van der Waals surface area contributed by atoms with Gasteiger partial charge in [0.05, 0.1) is 6.42 Å². The van der Waals surface area contributed by atoms with Crippen LogP contribution in [0.2, 0.25) is 0 Å². The highest BCUT2D eigenvalue weighted by Gasteiger charge is 2.06. The van der Waals surface area contributed by atoms with E-state index in [-0.39, 0.29) is 12.2 Å². The van der Waals surface area contributed by atoms with Gasteiger partial charge in [0.2, 0.25) is 0 Å². The van der Waals surface area contributed by atoms with Gasteiger partial charge in [-0.2, -0.15) is 0 Å². The maximum Gasteiger partial charge on any atom is 0.307 e. The van der Waals surface area contributed by atoms with E-state index in [4.69, 9.17) is 5.11 Å². The molecule has 2 rings (SSSR count). The number of benzene rings is 2. The SMILES string of the molecule is O=C(O)Cc1ccccc1CNCc1ccccc1F. The minimum atomic E-state index is -0.855. The molecule has 3 nitrogen and oxygen atoms in total. The van der Waals surface area contributed by atoms with Crippen LogP contribution in [0.25, 0.3) is 0 Å². The molecule has 0 radical (unpaired) electrons. The Labute approximate surface area is 117 Å². The van der Waals surface area contributed by atoms with Crippen LogP contribution in [0.5, 0.6) is 0 Å². The Morgan fingerprint density at radius 3 is 2.15 bits per heavy atom. The van der Waals surface area contributed by atoms with Gasteiger partial charge < -0.3 is 10.4 Å². The average Bonchev–Trinajstić information content (AvgIpc) is 2.42. The Morgan fingerprint density at radius 1 is 0.950 bits per heavy atom. The molecule has 0 aliphatic carbocycles. The molecule has 0 aliphatic rings. The van der Waals surface area contributed by atoms with Crippen LogP contribution in [-0.2, 0) is 24.3 Å². The second-order valence-corrected chi connectivity index (χ2v) is 4.53. The van der Waals surface area contributed by atoms with Crippen molar-refractivity contribution in [2.45, 2.75) is 19.5 Å². The molecule has 2 N–H and O–H groups in total. The van der Waals surface area contributed by atoms with Crippen LogP contribution in [0.15, 0.2) is 48.5 Å². The van der Waals surface area contributed by atoms with Crippen LogP contribution in [0.4, 0.5) is 4.39 Å². The summed E-state index contributed by atoms with van der Waals surface area (Å²) in [5.74, 6) is -1.09. The van der Waals surface area contributed by atoms with Crippen molar-refractivity contribution < 1.29 is 14.3 Å².